The quantitative estimate of drug-likeness (QED) is 0.130. The first-order valence-electron chi connectivity index (χ1n) is 12.2. The van der Waals surface area contributed by atoms with E-state index in [0.717, 1.165) is 49.6 Å². The van der Waals surface area contributed by atoms with Gasteiger partial charge in [-0.05, 0) is 68.3 Å². The van der Waals surface area contributed by atoms with Crippen molar-refractivity contribution in [3.8, 4) is 0 Å². The van der Waals surface area contributed by atoms with Crippen molar-refractivity contribution in [2.45, 2.75) is 38.6 Å². The Hall–Kier alpha value is -3.50. The fraction of sp³-hybridized carbons (Fsp3) is 0.360. The highest BCUT2D eigenvalue weighted by atomic mass is 35.5. The molecule has 2 aromatic carbocycles. The van der Waals surface area contributed by atoms with Crippen molar-refractivity contribution in [1.29, 1.82) is 16.2 Å². The monoisotopic (exact) mass is 544 g/mol. The van der Waals surface area contributed by atoms with Crippen LogP contribution in [0.15, 0.2) is 53.5 Å². The SMILES string of the molecule is CC1CN=C(NCCCCCCNC(=N)NC(=N)Nc2ccc(Cl)cc2)N1C(=N)Nc1ccc(Cl)cc1. The molecule has 0 fully saturated rings. The standard InChI is InChI=1S/C25H34Cl2N10/c1-17-16-33-25(37(17)24(30)35-21-12-8-19(27)9-13-21)32-15-5-3-2-4-14-31-22(28)36-23(29)34-20-10-6-18(26)7-11-20/h6-13,17H,2-5,14-16H2,1H3,(H2,30,35)(H,32,33)(H5,28,29,31,34,36). The molecule has 1 unspecified atom stereocenters. The number of nitrogens with one attached hydrogen (secondary N) is 8. The molecule has 1 aliphatic rings. The van der Waals surface area contributed by atoms with Crippen LogP contribution in [0.1, 0.15) is 32.6 Å². The Balaban J connectivity index is 1.25. The topological polar surface area (TPSA) is 147 Å². The van der Waals surface area contributed by atoms with Gasteiger partial charge in [0.2, 0.25) is 11.9 Å². The van der Waals surface area contributed by atoms with Crippen molar-refractivity contribution >= 4 is 58.4 Å². The summed E-state index contributed by atoms with van der Waals surface area (Å²) in [6.07, 6.45) is 3.95. The first-order chi connectivity index (χ1) is 17.8. The van der Waals surface area contributed by atoms with E-state index in [4.69, 9.17) is 39.4 Å². The average molecular weight is 546 g/mol. The number of unbranched alkanes of at least 4 members (excludes halogenated alkanes) is 3. The summed E-state index contributed by atoms with van der Waals surface area (Å²) >= 11 is 11.8. The summed E-state index contributed by atoms with van der Waals surface area (Å²) in [5.74, 6) is 1.09. The Bertz CT molecular complexity index is 1090. The van der Waals surface area contributed by atoms with Gasteiger partial charge >= 0.3 is 0 Å². The highest BCUT2D eigenvalue weighted by molar-refractivity contribution is 6.31. The number of rotatable bonds is 9. The van der Waals surface area contributed by atoms with E-state index in [-0.39, 0.29) is 23.9 Å². The number of guanidine groups is 4. The van der Waals surface area contributed by atoms with Gasteiger partial charge in [-0.2, -0.15) is 0 Å². The maximum absolute atomic E-state index is 8.48. The number of nitrogens with zero attached hydrogens (tertiary/aromatic N) is 2. The predicted molar refractivity (Wildman–Crippen MR) is 155 cm³/mol. The van der Waals surface area contributed by atoms with E-state index in [1.54, 1.807) is 36.4 Å². The van der Waals surface area contributed by atoms with Crippen molar-refractivity contribution < 1.29 is 0 Å². The molecule has 12 heteroatoms. The molecule has 1 aliphatic heterocycles. The Morgan fingerprint density at radius 1 is 0.838 bits per heavy atom. The minimum atomic E-state index is 0.0144. The van der Waals surface area contributed by atoms with Crippen LogP contribution in [0.25, 0.3) is 0 Å². The van der Waals surface area contributed by atoms with Gasteiger partial charge in [-0.15, -0.1) is 0 Å². The van der Waals surface area contributed by atoms with Crippen molar-refractivity contribution in [3.05, 3.63) is 58.6 Å². The van der Waals surface area contributed by atoms with Crippen LogP contribution < -0.4 is 26.6 Å². The second-order valence-electron chi connectivity index (χ2n) is 8.64. The van der Waals surface area contributed by atoms with E-state index in [2.05, 4.69) is 31.6 Å². The van der Waals surface area contributed by atoms with Crippen LogP contribution in [0.3, 0.4) is 0 Å². The lowest BCUT2D eigenvalue weighted by atomic mass is 10.2. The molecule has 0 radical (unpaired) electrons. The Labute approximate surface area is 227 Å². The van der Waals surface area contributed by atoms with Crippen LogP contribution in [-0.4, -0.2) is 54.4 Å². The molecule has 0 bridgehead atoms. The molecule has 0 saturated heterocycles. The third kappa shape index (κ3) is 9.47. The molecule has 0 amide bonds. The first kappa shape index (κ1) is 28.1. The Morgan fingerprint density at radius 2 is 1.41 bits per heavy atom. The fourth-order valence-electron chi connectivity index (χ4n) is 3.68. The molecule has 0 aromatic heterocycles. The molecule has 2 aromatic rings. The molecule has 198 valence electrons. The summed E-state index contributed by atoms with van der Waals surface area (Å²) in [6, 6.07) is 14.4. The van der Waals surface area contributed by atoms with Crippen LogP contribution in [0, 0.1) is 16.2 Å². The second-order valence-corrected chi connectivity index (χ2v) is 9.51. The number of hydrogen-bond donors (Lipinski definition) is 8. The molecule has 1 heterocycles. The van der Waals surface area contributed by atoms with Gasteiger partial charge in [0, 0.05) is 34.5 Å². The van der Waals surface area contributed by atoms with Gasteiger partial charge in [0.1, 0.15) is 0 Å². The zero-order valence-corrected chi connectivity index (χ0v) is 22.3. The molecule has 37 heavy (non-hydrogen) atoms. The lowest BCUT2D eigenvalue weighted by Crippen LogP contribution is -2.48. The molecule has 0 aliphatic carbocycles. The van der Waals surface area contributed by atoms with Gasteiger partial charge in [0.05, 0.1) is 12.6 Å². The van der Waals surface area contributed by atoms with Crippen molar-refractivity contribution in [2.75, 3.05) is 30.3 Å². The molecule has 1 atom stereocenters. The van der Waals surface area contributed by atoms with Gasteiger partial charge in [-0.25, -0.2) is 0 Å². The van der Waals surface area contributed by atoms with Crippen LogP contribution in [0.5, 0.6) is 0 Å². The smallest absolute Gasteiger partial charge is 0.202 e. The predicted octanol–water partition coefficient (Wildman–Crippen LogP) is 4.71. The van der Waals surface area contributed by atoms with E-state index in [9.17, 15) is 0 Å². The van der Waals surface area contributed by atoms with Crippen molar-refractivity contribution in [3.63, 3.8) is 0 Å². The van der Waals surface area contributed by atoms with Gasteiger partial charge in [0.15, 0.2) is 11.9 Å². The fourth-order valence-corrected chi connectivity index (χ4v) is 3.93. The van der Waals surface area contributed by atoms with Crippen LogP contribution in [0.4, 0.5) is 11.4 Å². The molecule has 3 rings (SSSR count). The Kier molecular flexibility index (Phi) is 10.8. The van der Waals surface area contributed by atoms with Crippen LogP contribution in [-0.2, 0) is 0 Å². The number of hydrogen-bond acceptors (Lipinski definition) is 5. The third-order valence-electron chi connectivity index (χ3n) is 5.57. The summed E-state index contributed by atoms with van der Waals surface area (Å²) in [5, 5.41) is 40.6. The number of aliphatic imine (C=N–C) groups is 1. The summed E-state index contributed by atoms with van der Waals surface area (Å²) < 4.78 is 0. The molecular weight excluding hydrogens is 511 g/mol. The lowest BCUT2D eigenvalue weighted by molar-refractivity contribution is 0.494. The highest BCUT2D eigenvalue weighted by Gasteiger charge is 2.27. The highest BCUT2D eigenvalue weighted by Crippen LogP contribution is 2.16. The van der Waals surface area contributed by atoms with E-state index in [1.165, 1.54) is 0 Å². The zero-order chi connectivity index (χ0) is 26.6. The molecule has 10 nitrogen and oxygen atoms in total. The minimum absolute atomic E-state index is 0.0144. The van der Waals surface area contributed by atoms with E-state index in [1.807, 2.05) is 24.0 Å². The maximum Gasteiger partial charge on any atom is 0.202 e. The number of halogens is 2. The van der Waals surface area contributed by atoms with E-state index in [0.29, 0.717) is 23.1 Å². The van der Waals surface area contributed by atoms with E-state index >= 15 is 0 Å². The summed E-state index contributed by atoms with van der Waals surface area (Å²) in [5.41, 5.74) is 1.53. The summed E-state index contributed by atoms with van der Waals surface area (Å²) in [4.78, 5) is 6.43. The van der Waals surface area contributed by atoms with Crippen LogP contribution >= 0.6 is 23.2 Å². The molecule has 0 saturated carbocycles. The summed E-state index contributed by atoms with van der Waals surface area (Å²) in [7, 11) is 0. The van der Waals surface area contributed by atoms with Gasteiger partial charge < -0.3 is 21.3 Å². The molecule has 8 N–H and O–H groups in total. The molecule has 0 spiro atoms. The number of benzene rings is 2. The Morgan fingerprint density at radius 3 is 2.03 bits per heavy atom. The minimum Gasteiger partial charge on any atom is -0.356 e. The van der Waals surface area contributed by atoms with E-state index < -0.39 is 0 Å². The van der Waals surface area contributed by atoms with Crippen LogP contribution in [0.2, 0.25) is 10.0 Å². The zero-order valence-electron chi connectivity index (χ0n) is 20.8. The first-order valence-corrected chi connectivity index (χ1v) is 13.0. The second kappa shape index (κ2) is 14.3. The van der Waals surface area contributed by atoms with Crippen molar-refractivity contribution in [1.82, 2.24) is 20.9 Å². The largest absolute Gasteiger partial charge is 0.356 e. The normalized spacial score (nSPS) is 14.5. The van der Waals surface area contributed by atoms with Crippen molar-refractivity contribution in [2.24, 2.45) is 4.99 Å². The van der Waals surface area contributed by atoms with Gasteiger partial charge in [-0.1, -0.05) is 36.0 Å². The van der Waals surface area contributed by atoms with Gasteiger partial charge in [-0.3, -0.25) is 31.4 Å². The number of anilines is 2. The van der Waals surface area contributed by atoms with Gasteiger partial charge in [0.25, 0.3) is 0 Å². The lowest BCUT2D eigenvalue weighted by Gasteiger charge is -2.26. The third-order valence-corrected chi connectivity index (χ3v) is 6.08. The maximum atomic E-state index is 8.48. The summed E-state index contributed by atoms with van der Waals surface area (Å²) in [6.45, 7) is 4.11. The molecular formula is C25H34Cl2N10. The average Bonchev–Trinajstić information content (AvgIpc) is 3.23.